The monoisotopic (exact) mass is 301 g/mol. The second-order valence-corrected chi connectivity index (χ2v) is 6.52. The molecule has 0 bridgehead atoms. The van der Waals surface area contributed by atoms with Crippen molar-refractivity contribution in [3.8, 4) is 10.8 Å². The third-order valence-corrected chi connectivity index (χ3v) is 3.66. The molecule has 5 nitrogen and oxygen atoms in total. The number of nitrogens with zero attached hydrogens (tertiary/aromatic N) is 2. The quantitative estimate of drug-likeness (QED) is 0.918. The van der Waals surface area contributed by atoms with Crippen LogP contribution in [0.5, 0.6) is 0 Å². The van der Waals surface area contributed by atoms with E-state index >= 15 is 0 Å². The summed E-state index contributed by atoms with van der Waals surface area (Å²) >= 11 is 7.26. The van der Waals surface area contributed by atoms with Crippen molar-refractivity contribution >= 4 is 22.9 Å². The molecule has 0 fully saturated rings. The number of hydrogen-bond acceptors (Lipinski definition) is 6. The highest BCUT2D eigenvalue weighted by molar-refractivity contribution is 7.19. The zero-order valence-electron chi connectivity index (χ0n) is 11.0. The zero-order chi connectivity index (χ0) is 14.0. The van der Waals surface area contributed by atoms with Crippen LogP contribution in [0.15, 0.2) is 16.7 Å². The lowest BCUT2D eigenvalue weighted by atomic mass is 10.1. The molecule has 2 aromatic heterocycles. The summed E-state index contributed by atoms with van der Waals surface area (Å²) in [7, 11) is 0. The largest absolute Gasteiger partial charge is 0.376 e. The third-order valence-electron chi connectivity index (χ3n) is 2.44. The predicted octanol–water partition coefficient (Wildman–Crippen LogP) is 3.05. The maximum absolute atomic E-state index is 6.15. The van der Waals surface area contributed by atoms with Gasteiger partial charge in [0.2, 0.25) is 0 Å². The van der Waals surface area contributed by atoms with Crippen molar-refractivity contribution in [2.45, 2.75) is 32.4 Å². The zero-order valence-corrected chi connectivity index (χ0v) is 12.6. The topological polar surface area (TPSA) is 74.2 Å². The number of rotatable bonds is 5. The van der Waals surface area contributed by atoms with E-state index in [-0.39, 0.29) is 6.10 Å². The Morgan fingerprint density at radius 2 is 2.26 bits per heavy atom. The molecule has 19 heavy (non-hydrogen) atoms. The van der Waals surface area contributed by atoms with Crippen LogP contribution in [0.4, 0.5) is 0 Å². The van der Waals surface area contributed by atoms with Crippen LogP contribution in [0.25, 0.3) is 10.8 Å². The first-order valence-electron chi connectivity index (χ1n) is 5.89. The van der Waals surface area contributed by atoms with E-state index in [0.717, 1.165) is 4.88 Å². The van der Waals surface area contributed by atoms with Gasteiger partial charge in [0, 0.05) is 0 Å². The molecule has 0 amide bonds. The van der Waals surface area contributed by atoms with Crippen molar-refractivity contribution in [3.63, 3.8) is 0 Å². The summed E-state index contributed by atoms with van der Waals surface area (Å²) in [6.45, 7) is 6.04. The van der Waals surface area contributed by atoms with Crippen molar-refractivity contribution < 1.29 is 9.26 Å². The van der Waals surface area contributed by atoms with Crippen LogP contribution in [0.1, 0.15) is 26.6 Å². The van der Waals surface area contributed by atoms with Gasteiger partial charge in [-0.05, 0) is 32.9 Å². The summed E-state index contributed by atoms with van der Waals surface area (Å²) < 4.78 is 11.4. The highest BCUT2D eigenvalue weighted by Crippen LogP contribution is 2.30. The fraction of sp³-hybridized carbons (Fsp3) is 0.500. The lowest BCUT2D eigenvalue weighted by molar-refractivity contribution is 0.0410. The van der Waals surface area contributed by atoms with Crippen LogP contribution in [-0.4, -0.2) is 22.9 Å². The summed E-state index contributed by atoms with van der Waals surface area (Å²) in [5.74, 6) is 0.848. The highest BCUT2D eigenvalue weighted by Gasteiger charge is 2.28. The molecule has 104 valence electrons. The van der Waals surface area contributed by atoms with Crippen LogP contribution in [0.3, 0.4) is 0 Å². The van der Waals surface area contributed by atoms with E-state index in [1.165, 1.54) is 11.3 Å². The van der Waals surface area contributed by atoms with Gasteiger partial charge in [-0.25, -0.2) is 0 Å². The van der Waals surface area contributed by atoms with Crippen LogP contribution in [0, 0.1) is 0 Å². The van der Waals surface area contributed by atoms with Gasteiger partial charge in [-0.15, -0.1) is 11.3 Å². The van der Waals surface area contributed by atoms with E-state index in [1.807, 2.05) is 26.8 Å². The molecular formula is C12H16ClN3O2S. The Bertz CT molecular complexity index is 551. The van der Waals surface area contributed by atoms with Gasteiger partial charge in [0.25, 0.3) is 5.89 Å². The van der Waals surface area contributed by atoms with Crippen LogP contribution in [-0.2, 0) is 10.3 Å². The van der Waals surface area contributed by atoms with Crippen LogP contribution < -0.4 is 5.73 Å². The molecule has 0 radical (unpaired) electrons. The van der Waals surface area contributed by atoms with Gasteiger partial charge in [0.1, 0.15) is 5.54 Å². The van der Waals surface area contributed by atoms with Gasteiger partial charge in [-0.2, -0.15) is 4.98 Å². The van der Waals surface area contributed by atoms with E-state index in [1.54, 1.807) is 6.07 Å². The molecular weight excluding hydrogens is 286 g/mol. The fourth-order valence-electron chi connectivity index (χ4n) is 1.39. The lowest BCUT2D eigenvalue weighted by Crippen LogP contribution is -2.40. The van der Waals surface area contributed by atoms with Gasteiger partial charge < -0.3 is 15.0 Å². The first-order chi connectivity index (χ1) is 8.88. The predicted molar refractivity (Wildman–Crippen MR) is 75.2 cm³/mol. The van der Waals surface area contributed by atoms with E-state index in [4.69, 9.17) is 26.6 Å². The Kier molecular flexibility index (Phi) is 4.25. The molecule has 2 rings (SSSR count). The van der Waals surface area contributed by atoms with Crippen LogP contribution >= 0.6 is 22.9 Å². The molecule has 0 aromatic carbocycles. The summed E-state index contributed by atoms with van der Waals surface area (Å²) in [6, 6.07) is 3.62. The smallest absolute Gasteiger partial charge is 0.268 e. The summed E-state index contributed by atoms with van der Waals surface area (Å²) in [5, 5.41) is 3.92. The summed E-state index contributed by atoms with van der Waals surface area (Å²) in [4.78, 5) is 5.14. The maximum atomic E-state index is 6.15. The minimum absolute atomic E-state index is 0.102. The Balaban J connectivity index is 2.16. The third kappa shape index (κ3) is 3.54. The van der Waals surface area contributed by atoms with Crippen molar-refractivity contribution in [1.82, 2.24) is 10.1 Å². The molecule has 1 atom stereocenters. The molecule has 0 saturated heterocycles. The fourth-order valence-corrected chi connectivity index (χ4v) is 2.35. The van der Waals surface area contributed by atoms with Crippen molar-refractivity contribution in [2.75, 3.05) is 6.61 Å². The Labute approximate surface area is 120 Å². The molecule has 7 heteroatoms. The first kappa shape index (κ1) is 14.5. The Morgan fingerprint density at radius 1 is 1.53 bits per heavy atom. The standard InChI is InChI=1S/C12H16ClN3O2S/c1-7(2)17-6-12(3,14)11-15-10(18-16-11)8-4-5-9(13)19-8/h4-5,7H,6,14H2,1-3H3. The summed E-state index contributed by atoms with van der Waals surface area (Å²) in [6.07, 6.45) is 0.102. The number of aromatic nitrogens is 2. The molecule has 0 spiro atoms. The first-order valence-corrected chi connectivity index (χ1v) is 7.08. The minimum Gasteiger partial charge on any atom is -0.376 e. The molecule has 0 aliphatic carbocycles. The number of halogens is 1. The lowest BCUT2D eigenvalue weighted by Gasteiger charge is -2.21. The normalized spacial score (nSPS) is 14.8. The average Bonchev–Trinajstić information content (AvgIpc) is 2.94. The van der Waals surface area contributed by atoms with E-state index in [2.05, 4.69) is 10.1 Å². The van der Waals surface area contributed by atoms with Crippen LogP contribution in [0.2, 0.25) is 4.34 Å². The molecule has 2 heterocycles. The van der Waals surface area contributed by atoms with Crippen molar-refractivity contribution in [3.05, 3.63) is 22.3 Å². The summed E-state index contributed by atoms with van der Waals surface area (Å²) in [5.41, 5.74) is 5.37. The number of hydrogen-bond donors (Lipinski definition) is 1. The van der Waals surface area contributed by atoms with Gasteiger partial charge in [-0.1, -0.05) is 16.8 Å². The molecule has 0 aliphatic rings. The van der Waals surface area contributed by atoms with E-state index in [9.17, 15) is 0 Å². The number of thiophene rings is 1. The minimum atomic E-state index is -0.785. The van der Waals surface area contributed by atoms with Gasteiger partial charge >= 0.3 is 0 Å². The van der Waals surface area contributed by atoms with Gasteiger partial charge in [0.05, 0.1) is 21.9 Å². The number of nitrogens with two attached hydrogens (primary N) is 1. The van der Waals surface area contributed by atoms with Crippen molar-refractivity contribution in [2.24, 2.45) is 5.73 Å². The van der Waals surface area contributed by atoms with Gasteiger partial charge in [0.15, 0.2) is 5.82 Å². The van der Waals surface area contributed by atoms with E-state index in [0.29, 0.717) is 22.7 Å². The molecule has 0 aliphatic heterocycles. The Hall–Kier alpha value is -0.950. The highest BCUT2D eigenvalue weighted by atomic mass is 35.5. The van der Waals surface area contributed by atoms with E-state index < -0.39 is 5.54 Å². The Morgan fingerprint density at radius 3 is 2.84 bits per heavy atom. The second-order valence-electron chi connectivity index (χ2n) is 4.80. The molecule has 2 aromatic rings. The SMILES string of the molecule is CC(C)OCC(C)(N)c1noc(-c2ccc(Cl)s2)n1. The molecule has 1 unspecified atom stereocenters. The maximum Gasteiger partial charge on any atom is 0.268 e. The second kappa shape index (κ2) is 5.58. The van der Waals surface area contributed by atoms with Crippen molar-refractivity contribution in [1.29, 1.82) is 0 Å². The van der Waals surface area contributed by atoms with Gasteiger partial charge in [-0.3, -0.25) is 0 Å². The molecule has 2 N–H and O–H groups in total. The number of ether oxygens (including phenoxy) is 1. The average molecular weight is 302 g/mol. The molecule has 0 saturated carbocycles.